The molecule has 88 valence electrons. The molecule has 1 atom stereocenters. The maximum atomic E-state index is 12.2. The summed E-state index contributed by atoms with van der Waals surface area (Å²) in [5.74, 6) is 0.317. The molecule has 1 rings (SSSR count). The molecule has 0 radical (unpaired) electrons. The third-order valence-electron chi connectivity index (χ3n) is 3.17. The summed E-state index contributed by atoms with van der Waals surface area (Å²) in [4.78, 5) is 11.7. The van der Waals surface area contributed by atoms with E-state index in [0.717, 1.165) is 19.3 Å². The topological polar surface area (TPSA) is 52.3 Å². The van der Waals surface area contributed by atoms with E-state index in [1.807, 2.05) is 0 Å². The average Bonchev–Trinajstić information content (AvgIpc) is 3.07. The molecule has 0 saturated heterocycles. The molecule has 1 saturated carbocycles. The summed E-state index contributed by atoms with van der Waals surface area (Å²) < 4.78 is 17.0. The van der Waals surface area contributed by atoms with Crippen LogP contribution in [0.3, 0.4) is 0 Å². The summed E-state index contributed by atoms with van der Waals surface area (Å²) in [7, 11) is 1.37. The van der Waals surface area contributed by atoms with Gasteiger partial charge in [-0.2, -0.15) is 0 Å². The molecule has 0 aromatic heterocycles. The minimum atomic E-state index is -0.637. The molecule has 2 N–H and O–H groups in total. The summed E-state index contributed by atoms with van der Waals surface area (Å²) in [5.41, 5.74) is 5.04. The first-order valence-corrected chi connectivity index (χ1v) is 5.53. The second-order valence-electron chi connectivity index (χ2n) is 4.42. The molecular weight excluding hydrogens is 197 g/mol. The lowest BCUT2D eigenvalue weighted by Crippen LogP contribution is -2.40. The van der Waals surface area contributed by atoms with Crippen molar-refractivity contribution in [1.82, 2.24) is 0 Å². The van der Waals surface area contributed by atoms with Gasteiger partial charge in [0.05, 0.1) is 19.2 Å². The van der Waals surface area contributed by atoms with Crippen molar-refractivity contribution < 1.29 is 13.9 Å². The van der Waals surface area contributed by atoms with E-state index in [4.69, 9.17) is 10.5 Å². The second kappa shape index (κ2) is 5.45. The number of methoxy groups -OCH3 is 1. The molecule has 0 heterocycles. The van der Waals surface area contributed by atoms with Crippen LogP contribution in [0.25, 0.3) is 0 Å². The summed E-state index contributed by atoms with van der Waals surface area (Å²) in [6, 6.07) is 0. The SMILES string of the molecule is COC(=O)C(CN)(CCCF)CC1CC1. The van der Waals surface area contributed by atoms with E-state index in [-0.39, 0.29) is 12.5 Å². The normalized spacial score (nSPS) is 19.7. The van der Waals surface area contributed by atoms with Crippen LogP contribution in [-0.4, -0.2) is 26.3 Å². The van der Waals surface area contributed by atoms with E-state index in [0.29, 0.717) is 18.8 Å². The molecule has 3 nitrogen and oxygen atoms in total. The fourth-order valence-corrected chi connectivity index (χ4v) is 2.05. The maximum absolute atomic E-state index is 12.2. The van der Waals surface area contributed by atoms with Crippen molar-refractivity contribution in [3.63, 3.8) is 0 Å². The van der Waals surface area contributed by atoms with Crippen LogP contribution in [0.4, 0.5) is 4.39 Å². The Morgan fingerprint density at radius 1 is 1.60 bits per heavy atom. The van der Waals surface area contributed by atoms with Crippen molar-refractivity contribution in [3.05, 3.63) is 0 Å². The molecule has 1 aliphatic rings. The Morgan fingerprint density at radius 3 is 2.67 bits per heavy atom. The van der Waals surface area contributed by atoms with Crippen molar-refractivity contribution in [2.75, 3.05) is 20.3 Å². The number of ether oxygens (including phenoxy) is 1. The number of hydrogen-bond acceptors (Lipinski definition) is 3. The molecule has 0 amide bonds. The van der Waals surface area contributed by atoms with Gasteiger partial charge in [0.15, 0.2) is 0 Å². The van der Waals surface area contributed by atoms with Crippen LogP contribution in [0.15, 0.2) is 0 Å². The summed E-state index contributed by atoms with van der Waals surface area (Å²) >= 11 is 0. The van der Waals surface area contributed by atoms with Gasteiger partial charge in [-0.25, -0.2) is 0 Å². The molecule has 0 aliphatic heterocycles. The van der Waals surface area contributed by atoms with Crippen molar-refractivity contribution in [3.8, 4) is 0 Å². The number of hydrogen-bond donors (Lipinski definition) is 1. The lowest BCUT2D eigenvalue weighted by molar-refractivity contribution is -0.153. The van der Waals surface area contributed by atoms with Crippen LogP contribution in [-0.2, 0) is 9.53 Å². The molecule has 0 bridgehead atoms. The minimum absolute atomic E-state index is 0.260. The van der Waals surface area contributed by atoms with Crippen LogP contribution in [0.1, 0.15) is 32.1 Å². The number of rotatable bonds is 7. The average molecular weight is 217 g/mol. The predicted octanol–water partition coefficient (Wildman–Crippen LogP) is 1.65. The number of alkyl halides is 1. The Morgan fingerprint density at radius 2 is 2.27 bits per heavy atom. The molecule has 1 fully saturated rings. The van der Waals surface area contributed by atoms with Crippen LogP contribution in [0.2, 0.25) is 0 Å². The minimum Gasteiger partial charge on any atom is -0.469 e. The van der Waals surface area contributed by atoms with Crippen LogP contribution < -0.4 is 5.73 Å². The monoisotopic (exact) mass is 217 g/mol. The highest BCUT2D eigenvalue weighted by molar-refractivity contribution is 5.77. The van der Waals surface area contributed by atoms with Gasteiger partial charge in [-0.1, -0.05) is 12.8 Å². The third kappa shape index (κ3) is 3.16. The molecule has 0 spiro atoms. The second-order valence-corrected chi connectivity index (χ2v) is 4.42. The Balaban J connectivity index is 2.63. The van der Waals surface area contributed by atoms with Crippen molar-refractivity contribution in [2.24, 2.45) is 17.1 Å². The summed E-state index contributed by atoms with van der Waals surface area (Å²) in [5, 5.41) is 0. The zero-order valence-corrected chi connectivity index (χ0v) is 9.30. The Bertz CT molecular complexity index is 219. The van der Waals surface area contributed by atoms with Gasteiger partial charge in [0.2, 0.25) is 0 Å². The van der Waals surface area contributed by atoms with E-state index in [1.165, 1.54) is 7.11 Å². The lowest BCUT2D eigenvalue weighted by Gasteiger charge is -2.29. The Kier molecular flexibility index (Phi) is 4.51. The van der Waals surface area contributed by atoms with Gasteiger partial charge in [-0.05, 0) is 25.2 Å². The summed E-state index contributed by atoms with van der Waals surface area (Å²) in [6.07, 6.45) is 3.97. The van der Waals surface area contributed by atoms with E-state index in [9.17, 15) is 9.18 Å². The van der Waals surface area contributed by atoms with Crippen molar-refractivity contribution >= 4 is 5.97 Å². The van der Waals surface area contributed by atoms with Gasteiger partial charge in [0.25, 0.3) is 0 Å². The van der Waals surface area contributed by atoms with E-state index >= 15 is 0 Å². The lowest BCUT2D eigenvalue weighted by atomic mass is 9.78. The summed E-state index contributed by atoms with van der Waals surface area (Å²) in [6.45, 7) is -0.139. The van der Waals surface area contributed by atoms with Crippen LogP contribution >= 0.6 is 0 Å². The van der Waals surface area contributed by atoms with E-state index < -0.39 is 12.1 Å². The molecule has 4 heteroatoms. The molecule has 0 aromatic carbocycles. The first-order valence-electron chi connectivity index (χ1n) is 5.53. The first kappa shape index (κ1) is 12.4. The maximum Gasteiger partial charge on any atom is 0.313 e. The smallest absolute Gasteiger partial charge is 0.313 e. The van der Waals surface area contributed by atoms with Crippen LogP contribution in [0, 0.1) is 11.3 Å². The first-order chi connectivity index (χ1) is 7.18. The zero-order valence-electron chi connectivity index (χ0n) is 9.30. The van der Waals surface area contributed by atoms with Gasteiger partial charge in [-0.3, -0.25) is 9.18 Å². The van der Waals surface area contributed by atoms with Crippen LogP contribution in [0.5, 0.6) is 0 Å². The highest BCUT2D eigenvalue weighted by Gasteiger charge is 2.42. The van der Waals surface area contributed by atoms with Crippen molar-refractivity contribution in [2.45, 2.75) is 32.1 Å². The van der Waals surface area contributed by atoms with Gasteiger partial charge in [0, 0.05) is 6.54 Å². The fraction of sp³-hybridized carbons (Fsp3) is 0.909. The standard InChI is InChI=1S/C11H20FNO2/c1-15-10(14)11(8-13,5-2-6-12)7-9-3-4-9/h9H,2-8,13H2,1H3. The molecular formula is C11H20FNO2. The van der Waals surface area contributed by atoms with Gasteiger partial charge < -0.3 is 10.5 Å². The Labute approximate surface area is 90.2 Å². The quantitative estimate of drug-likeness (QED) is 0.660. The number of esters is 1. The number of carbonyl (C=O) groups is 1. The number of halogens is 1. The number of carbonyl (C=O) groups excluding carboxylic acids is 1. The third-order valence-corrected chi connectivity index (χ3v) is 3.17. The van der Waals surface area contributed by atoms with Gasteiger partial charge >= 0.3 is 5.97 Å². The molecule has 1 aliphatic carbocycles. The fourth-order valence-electron chi connectivity index (χ4n) is 2.05. The Hall–Kier alpha value is -0.640. The van der Waals surface area contributed by atoms with Gasteiger partial charge in [-0.15, -0.1) is 0 Å². The van der Waals surface area contributed by atoms with E-state index in [2.05, 4.69) is 0 Å². The highest BCUT2D eigenvalue weighted by Crippen LogP contribution is 2.42. The highest BCUT2D eigenvalue weighted by atomic mass is 19.1. The number of nitrogens with two attached hydrogens (primary N) is 1. The van der Waals surface area contributed by atoms with Crippen molar-refractivity contribution in [1.29, 1.82) is 0 Å². The predicted molar refractivity (Wildman–Crippen MR) is 56.1 cm³/mol. The van der Waals surface area contributed by atoms with Gasteiger partial charge in [0.1, 0.15) is 0 Å². The largest absolute Gasteiger partial charge is 0.469 e. The molecule has 15 heavy (non-hydrogen) atoms. The molecule has 0 aromatic rings. The zero-order chi connectivity index (χ0) is 11.3. The van der Waals surface area contributed by atoms with E-state index in [1.54, 1.807) is 0 Å². The molecule has 1 unspecified atom stereocenters.